The van der Waals surface area contributed by atoms with E-state index in [9.17, 15) is 4.79 Å². The van der Waals surface area contributed by atoms with E-state index < -0.39 is 5.97 Å². The molecule has 0 spiro atoms. The van der Waals surface area contributed by atoms with E-state index in [-0.39, 0.29) is 0 Å². The van der Waals surface area contributed by atoms with Crippen molar-refractivity contribution in [1.82, 2.24) is 14.9 Å². The zero-order chi connectivity index (χ0) is 18.4. The molecular weight excluding hydrogens is 320 g/mol. The second-order valence-corrected chi connectivity index (χ2v) is 5.93. The van der Waals surface area contributed by atoms with Crippen molar-refractivity contribution in [3.63, 3.8) is 0 Å². The van der Waals surface area contributed by atoms with Gasteiger partial charge in [0.15, 0.2) is 0 Å². The Bertz CT molecular complexity index is 710. The van der Waals surface area contributed by atoms with Gasteiger partial charge in [-0.2, -0.15) is 0 Å². The van der Waals surface area contributed by atoms with Crippen molar-refractivity contribution < 1.29 is 13.9 Å². The van der Waals surface area contributed by atoms with Gasteiger partial charge in [0.1, 0.15) is 23.5 Å². The Morgan fingerprint density at radius 3 is 2.56 bits per heavy atom. The monoisotopic (exact) mass is 348 g/mol. The fraction of sp³-hybridized carbons (Fsp3) is 0.611. The van der Waals surface area contributed by atoms with Crippen molar-refractivity contribution in [3.05, 3.63) is 17.7 Å². The number of ether oxygens (including phenoxy) is 1. The fourth-order valence-corrected chi connectivity index (χ4v) is 2.94. The first-order chi connectivity index (χ1) is 12.0. The molecule has 2 heterocycles. The molecular formula is C18H28N4O3. The molecule has 0 aliphatic rings. The lowest BCUT2D eigenvalue weighted by molar-refractivity contribution is 0.0526. The predicted molar refractivity (Wildman–Crippen MR) is 98.2 cm³/mol. The molecule has 138 valence electrons. The highest BCUT2D eigenvalue weighted by Gasteiger charge is 2.24. The summed E-state index contributed by atoms with van der Waals surface area (Å²) in [5.41, 5.74) is 0.837. The Labute approximate surface area is 149 Å². The molecule has 0 saturated heterocycles. The van der Waals surface area contributed by atoms with Gasteiger partial charge in [0.05, 0.1) is 12.0 Å². The Morgan fingerprint density at radius 2 is 1.92 bits per heavy atom. The number of nitrogens with zero attached hydrogens (tertiary/aromatic N) is 4. The van der Waals surface area contributed by atoms with Gasteiger partial charge in [-0.15, -0.1) is 0 Å². The molecule has 0 bridgehead atoms. The van der Waals surface area contributed by atoms with Crippen molar-refractivity contribution in [2.45, 2.75) is 34.1 Å². The van der Waals surface area contributed by atoms with Gasteiger partial charge in [-0.3, -0.25) is 0 Å². The van der Waals surface area contributed by atoms with E-state index in [1.165, 1.54) is 6.33 Å². The van der Waals surface area contributed by atoms with Crippen molar-refractivity contribution in [1.29, 1.82) is 0 Å². The van der Waals surface area contributed by atoms with Crippen LogP contribution in [0.25, 0.3) is 11.1 Å². The third-order valence-electron chi connectivity index (χ3n) is 4.35. The lowest BCUT2D eigenvalue weighted by Crippen LogP contribution is -2.28. The molecule has 0 saturated carbocycles. The Kier molecular flexibility index (Phi) is 6.75. The van der Waals surface area contributed by atoms with Crippen molar-refractivity contribution in [2.75, 3.05) is 44.7 Å². The predicted octanol–water partition coefficient (Wildman–Crippen LogP) is 2.88. The molecule has 2 aromatic heterocycles. The first-order valence-electron chi connectivity index (χ1n) is 8.88. The largest absolute Gasteiger partial charge is 0.462 e. The number of carbonyl (C=O) groups excluding carboxylic acids is 1. The molecule has 0 aliphatic carbocycles. The number of esters is 1. The highest BCUT2D eigenvalue weighted by molar-refractivity contribution is 6.07. The van der Waals surface area contributed by atoms with Crippen LogP contribution in [-0.4, -0.2) is 60.7 Å². The zero-order valence-corrected chi connectivity index (χ0v) is 15.8. The summed E-state index contributed by atoms with van der Waals surface area (Å²) in [5.74, 6) is 0.808. The molecule has 0 unspecified atom stereocenters. The maximum Gasteiger partial charge on any atom is 0.342 e. The summed E-state index contributed by atoms with van der Waals surface area (Å²) in [7, 11) is 1.97. The molecule has 2 rings (SSSR count). The van der Waals surface area contributed by atoms with E-state index in [0.717, 1.165) is 32.6 Å². The van der Waals surface area contributed by atoms with E-state index in [0.29, 0.717) is 34.8 Å². The quantitative estimate of drug-likeness (QED) is 0.645. The lowest BCUT2D eigenvalue weighted by Gasteiger charge is -2.22. The second-order valence-electron chi connectivity index (χ2n) is 5.93. The molecule has 0 amide bonds. The van der Waals surface area contributed by atoms with Crippen LogP contribution in [0, 0.1) is 6.92 Å². The zero-order valence-electron chi connectivity index (χ0n) is 15.8. The Morgan fingerprint density at radius 1 is 1.20 bits per heavy atom. The summed E-state index contributed by atoms with van der Waals surface area (Å²) >= 11 is 0. The average Bonchev–Trinajstić information content (AvgIpc) is 2.94. The second kappa shape index (κ2) is 8.80. The number of hydrogen-bond donors (Lipinski definition) is 0. The summed E-state index contributed by atoms with van der Waals surface area (Å²) < 4.78 is 10.8. The normalized spacial score (nSPS) is 11.3. The first kappa shape index (κ1) is 19.2. The summed E-state index contributed by atoms with van der Waals surface area (Å²) in [6.45, 7) is 12.1. The number of fused-ring (bicyclic) bond motifs is 1. The standard InChI is InChI=1S/C18H28N4O3/c1-6-22(7-2)11-9-10-21(5)16-15-14(18(23)24-8-3)13(4)25-17(15)20-12-19-16/h12H,6-11H2,1-5H3. The minimum atomic E-state index is -0.397. The maximum absolute atomic E-state index is 12.3. The van der Waals surface area contributed by atoms with Crippen molar-refractivity contribution in [3.8, 4) is 0 Å². The number of hydrogen-bond acceptors (Lipinski definition) is 7. The van der Waals surface area contributed by atoms with Gasteiger partial charge in [0.25, 0.3) is 0 Å². The molecule has 7 heteroatoms. The molecule has 0 fully saturated rings. The summed E-state index contributed by atoms with van der Waals surface area (Å²) in [6, 6.07) is 0. The number of furan rings is 1. The van der Waals surface area contributed by atoms with E-state index in [2.05, 4.69) is 28.7 Å². The highest BCUT2D eigenvalue weighted by atomic mass is 16.5. The number of carbonyl (C=O) groups is 1. The van der Waals surface area contributed by atoms with E-state index in [4.69, 9.17) is 9.15 Å². The summed E-state index contributed by atoms with van der Waals surface area (Å²) in [4.78, 5) is 25.3. The van der Waals surface area contributed by atoms with Crippen LogP contribution in [0.1, 0.15) is 43.3 Å². The maximum atomic E-state index is 12.3. The van der Waals surface area contributed by atoms with Crippen LogP contribution < -0.4 is 4.90 Å². The Balaban J connectivity index is 2.26. The minimum absolute atomic E-state index is 0.313. The number of anilines is 1. The van der Waals surface area contributed by atoms with Crippen molar-refractivity contribution in [2.24, 2.45) is 0 Å². The third-order valence-corrected chi connectivity index (χ3v) is 4.35. The van der Waals surface area contributed by atoms with Gasteiger partial charge >= 0.3 is 5.97 Å². The van der Waals surface area contributed by atoms with Crippen LogP contribution in [0.3, 0.4) is 0 Å². The molecule has 7 nitrogen and oxygen atoms in total. The van der Waals surface area contributed by atoms with Gasteiger partial charge < -0.3 is 19.0 Å². The van der Waals surface area contributed by atoms with Gasteiger partial charge in [-0.25, -0.2) is 14.8 Å². The van der Waals surface area contributed by atoms with Gasteiger partial charge in [0, 0.05) is 13.6 Å². The van der Waals surface area contributed by atoms with Crippen LogP contribution in [0.2, 0.25) is 0 Å². The molecule has 0 atom stereocenters. The SMILES string of the molecule is CCOC(=O)c1c(C)oc2ncnc(N(C)CCCN(CC)CC)c12. The van der Waals surface area contributed by atoms with Crippen molar-refractivity contribution >= 4 is 22.9 Å². The van der Waals surface area contributed by atoms with Gasteiger partial charge in [-0.1, -0.05) is 13.8 Å². The number of aryl methyl sites for hydroxylation is 1. The molecule has 2 aromatic rings. The third kappa shape index (κ3) is 4.28. The first-order valence-corrected chi connectivity index (χ1v) is 8.88. The lowest BCUT2D eigenvalue weighted by atomic mass is 10.1. The van der Waals surface area contributed by atoms with Crippen LogP contribution >= 0.6 is 0 Å². The number of aromatic nitrogens is 2. The highest BCUT2D eigenvalue weighted by Crippen LogP contribution is 2.31. The van der Waals surface area contributed by atoms with E-state index in [1.807, 2.05) is 11.9 Å². The van der Waals surface area contributed by atoms with Crippen LogP contribution in [0.4, 0.5) is 5.82 Å². The average molecular weight is 348 g/mol. The topological polar surface area (TPSA) is 71.7 Å². The molecule has 0 radical (unpaired) electrons. The summed E-state index contributed by atoms with van der Waals surface area (Å²) in [5, 5.41) is 0.629. The number of rotatable bonds is 9. The minimum Gasteiger partial charge on any atom is -0.462 e. The van der Waals surface area contributed by atoms with Crippen LogP contribution in [-0.2, 0) is 4.74 Å². The van der Waals surface area contributed by atoms with Gasteiger partial charge in [0.2, 0.25) is 5.71 Å². The molecule has 0 N–H and O–H groups in total. The molecule has 25 heavy (non-hydrogen) atoms. The van der Waals surface area contributed by atoms with Crippen LogP contribution in [0.5, 0.6) is 0 Å². The van der Waals surface area contributed by atoms with Gasteiger partial charge in [-0.05, 0) is 39.9 Å². The Hall–Kier alpha value is -2.15. The van der Waals surface area contributed by atoms with E-state index >= 15 is 0 Å². The fourth-order valence-electron chi connectivity index (χ4n) is 2.94. The molecule has 0 aromatic carbocycles. The van der Waals surface area contributed by atoms with E-state index in [1.54, 1.807) is 13.8 Å². The smallest absolute Gasteiger partial charge is 0.342 e. The summed E-state index contributed by atoms with van der Waals surface area (Å²) in [6.07, 6.45) is 2.48. The van der Waals surface area contributed by atoms with Crippen LogP contribution in [0.15, 0.2) is 10.7 Å². The molecule has 0 aliphatic heterocycles.